The zero-order valence-electron chi connectivity index (χ0n) is 23.2. The summed E-state index contributed by atoms with van der Waals surface area (Å²) in [6.07, 6.45) is 21.4. The van der Waals surface area contributed by atoms with Crippen molar-refractivity contribution in [1.29, 1.82) is 0 Å². The quantitative estimate of drug-likeness (QED) is 0.247. The van der Waals surface area contributed by atoms with Gasteiger partial charge in [0.2, 0.25) is 0 Å². The van der Waals surface area contributed by atoms with Gasteiger partial charge in [-0.3, -0.25) is 4.99 Å². The molecule has 0 spiro atoms. The minimum atomic E-state index is 0.0258. The topological polar surface area (TPSA) is 17.3 Å². The molecule has 0 fully saturated rings. The molecule has 0 bridgehead atoms. The van der Waals surface area contributed by atoms with E-state index in [2.05, 4.69) is 109 Å². The molecule has 198 valence electrons. The molecule has 2 nitrogen and oxygen atoms in total. The van der Waals surface area contributed by atoms with Crippen LogP contribution in [0, 0.1) is 5.92 Å². The first kappa shape index (κ1) is 24.1. The van der Waals surface area contributed by atoms with E-state index in [9.17, 15) is 0 Å². The Morgan fingerprint density at radius 3 is 2.52 bits per heavy atom. The van der Waals surface area contributed by atoms with Crippen molar-refractivity contribution in [1.82, 2.24) is 4.57 Å². The van der Waals surface area contributed by atoms with Crippen LogP contribution in [0.4, 0.5) is 0 Å². The highest BCUT2D eigenvalue weighted by atomic mass is 32.1. The van der Waals surface area contributed by atoms with Gasteiger partial charge in [-0.25, -0.2) is 0 Å². The predicted molar refractivity (Wildman–Crippen MR) is 172 cm³/mol. The lowest BCUT2D eigenvalue weighted by atomic mass is 9.83. The third-order valence-corrected chi connectivity index (χ3v) is 10.5. The van der Waals surface area contributed by atoms with Gasteiger partial charge in [0.1, 0.15) is 6.17 Å². The van der Waals surface area contributed by atoms with E-state index in [1.165, 1.54) is 65.1 Å². The van der Waals surface area contributed by atoms with Crippen molar-refractivity contribution >= 4 is 38.0 Å². The van der Waals surface area contributed by atoms with Crippen LogP contribution in [0.15, 0.2) is 113 Å². The van der Waals surface area contributed by atoms with Gasteiger partial charge in [-0.15, -0.1) is 11.3 Å². The first-order valence-corrected chi connectivity index (χ1v) is 15.6. The van der Waals surface area contributed by atoms with Crippen LogP contribution in [0.1, 0.15) is 62.7 Å². The Balaban J connectivity index is 1.38. The minimum absolute atomic E-state index is 0.0258. The van der Waals surface area contributed by atoms with Gasteiger partial charge in [-0.2, -0.15) is 0 Å². The number of nitrogens with zero attached hydrogens (tertiary/aromatic N) is 2. The smallest absolute Gasteiger partial charge is 0.130 e. The fraction of sp³-hybridized carbons (Fsp3) is 0.270. The van der Waals surface area contributed by atoms with Crippen molar-refractivity contribution in [3.05, 3.63) is 119 Å². The van der Waals surface area contributed by atoms with Gasteiger partial charge in [-0.05, 0) is 89.0 Å². The zero-order chi connectivity index (χ0) is 26.8. The number of allylic oxidation sites excluding steroid dienone is 9. The van der Waals surface area contributed by atoms with E-state index in [4.69, 9.17) is 4.99 Å². The third kappa shape index (κ3) is 3.71. The van der Waals surface area contributed by atoms with Crippen LogP contribution in [0.5, 0.6) is 0 Å². The molecule has 3 heteroatoms. The van der Waals surface area contributed by atoms with Crippen molar-refractivity contribution in [2.75, 3.05) is 0 Å². The lowest BCUT2D eigenvalue weighted by Crippen LogP contribution is -2.20. The van der Waals surface area contributed by atoms with Gasteiger partial charge in [-0.1, -0.05) is 86.7 Å². The van der Waals surface area contributed by atoms with Crippen LogP contribution >= 0.6 is 11.3 Å². The Kier molecular flexibility index (Phi) is 5.70. The van der Waals surface area contributed by atoms with Crippen molar-refractivity contribution in [3.8, 4) is 10.6 Å². The fourth-order valence-electron chi connectivity index (χ4n) is 7.41. The summed E-state index contributed by atoms with van der Waals surface area (Å²) in [6.45, 7) is 4.79. The number of hydrogen-bond acceptors (Lipinski definition) is 2. The lowest BCUT2D eigenvalue weighted by molar-refractivity contribution is 0.527. The van der Waals surface area contributed by atoms with Crippen molar-refractivity contribution in [3.63, 3.8) is 0 Å². The molecule has 2 aromatic heterocycles. The zero-order valence-corrected chi connectivity index (χ0v) is 24.0. The molecule has 3 unspecified atom stereocenters. The molecule has 3 aliphatic carbocycles. The minimum Gasteiger partial charge on any atom is -0.316 e. The molecule has 2 aromatic carbocycles. The van der Waals surface area contributed by atoms with Crippen LogP contribution in [0.25, 0.3) is 31.6 Å². The molecular formula is C37H34N2S. The van der Waals surface area contributed by atoms with Gasteiger partial charge >= 0.3 is 0 Å². The molecule has 3 heterocycles. The van der Waals surface area contributed by atoms with Crippen molar-refractivity contribution in [2.45, 2.75) is 58.0 Å². The first-order valence-electron chi connectivity index (χ1n) is 14.8. The molecule has 4 aliphatic rings. The normalized spacial score (nSPS) is 23.9. The summed E-state index contributed by atoms with van der Waals surface area (Å²) in [5.41, 5.74) is 11.2. The Morgan fingerprint density at radius 2 is 1.68 bits per heavy atom. The van der Waals surface area contributed by atoms with Gasteiger partial charge in [0.25, 0.3) is 0 Å². The Hall–Kier alpha value is -3.69. The van der Waals surface area contributed by atoms with Crippen LogP contribution in [-0.2, 0) is 6.42 Å². The number of hydrogen-bond donors (Lipinski definition) is 0. The number of para-hydroxylation sites is 1. The SMILES string of the molecule is CC1CC=CC=C1C1=CC(C2=CC=CCC2)=NC(n2c3c(c4ccccc42)C(C)Cc2c-3sc3ccccc23)C1. The molecule has 3 atom stereocenters. The second kappa shape index (κ2) is 9.45. The van der Waals surface area contributed by atoms with Crippen LogP contribution < -0.4 is 0 Å². The molecule has 0 saturated carbocycles. The van der Waals surface area contributed by atoms with Crippen molar-refractivity contribution < 1.29 is 0 Å². The predicted octanol–water partition coefficient (Wildman–Crippen LogP) is 10.3. The van der Waals surface area contributed by atoms with E-state index in [-0.39, 0.29) is 6.17 Å². The molecule has 0 N–H and O–H groups in total. The van der Waals surface area contributed by atoms with Gasteiger partial charge in [0.05, 0.1) is 21.8 Å². The van der Waals surface area contributed by atoms with Crippen LogP contribution in [-0.4, -0.2) is 10.3 Å². The molecule has 0 amide bonds. The second-order valence-corrected chi connectivity index (χ2v) is 12.9. The average Bonchev–Trinajstić information content (AvgIpc) is 3.54. The summed E-state index contributed by atoms with van der Waals surface area (Å²) in [4.78, 5) is 7.04. The highest BCUT2D eigenvalue weighted by Gasteiger charge is 2.35. The molecule has 0 radical (unpaired) electrons. The van der Waals surface area contributed by atoms with E-state index >= 15 is 0 Å². The van der Waals surface area contributed by atoms with E-state index in [0.717, 1.165) is 32.1 Å². The average molecular weight is 539 g/mol. The van der Waals surface area contributed by atoms with Crippen molar-refractivity contribution in [2.24, 2.45) is 10.9 Å². The van der Waals surface area contributed by atoms with Gasteiger partial charge in [0.15, 0.2) is 0 Å². The molecule has 8 rings (SSSR count). The largest absolute Gasteiger partial charge is 0.316 e. The highest BCUT2D eigenvalue weighted by molar-refractivity contribution is 7.22. The molecule has 0 saturated heterocycles. The Labute approximate surface area is 240 Å². The molecular weight excluding hydrogens is 504 g/mol. The number of aromatic nitrogens is 1. The summed E-state index contributed by atoms with van der Waals surface area (Å²) in [5, 5.41) is 2.83. The van der Waals surface area contributed by atoms with E-state index < -0.39 is 0 Å². The lowest BCUT2D eigenvalue weighted by Gasteiger charge is -2.30. The molecule has 4 aromatic rings. The number of rotatable bonds is 3. The standard InChI is InChI=1S/C37H34N2S/c1-23-12-6-7-15-27(23)26-21-31(25-13-4-3-5-14-25)38-34(22-26)39-32-18-10-8-17-29(32)35-24(2)20-30-28-16-9-11-19-33(28)40-37(30)36(35)39/h3-4,6-11,13,15-19,21,23-24,34H,5,12,14,20,22H2,1-2H3. The summed E-state index contributed by atoms with van der Waals surface area (Å²) >= 11 is 1.97. The highest BCUT2D eigenvalue weighted by Crippen LogP contribution is 2.52. The number of aliphatic imine (C=N–C) groups is 1. The second-order valence-electron chi connectivity index (χ2n) is 11.9. The molecule has 1 aliphatic heterocycles. The fourth-order valence-corrected chi connectivity index (χ4v) is 8.69. The van der Waals surface area contributed by atoms with Gasteiger partial charge in [0, 0.05) is 16.5 Å². The van der Waals surface area contributed by atoms with E-state index in [1.807, 2.05) is 11.3 Å². The summed E-state index contributed by atoms with van der Waals surface area (Å²) in [7, 11) is 0. The summed E-state index contributed by atoms with van der Waals surface area (Å²) < 4.78 is 4.02. The van der Waals surface area contributed by atoms with Crippen LogP contribution in [0.3, 0.4) is 0 Å². The maximum atomic E-state index is 5.59. The summed E-state index contributed by atoms with van der Waals surface area (Å²) in [5.74, 6) is 0.993. The van der Waals surface area contributed by atoms with E-state index in [0.29, 0.717) is 11.8 Å². The number of dihydropyridines is 1. The third-order valence-electron chi connectivity index (χ3n) is 9.31. The number of thiophene rings is 1. The van der Waals surface area contributed by atoms with E-state index in [1.54, 1.807) is 0 Å². The maximum absolute atomic E-state index is 5.59. The Morgan fingerprint density at radius 1 is 0.850 bits per heavy atom. The Bertz CT molecular complexity index is 1860. The molecule has 40 heavy (non-hydrogen) atoms. The summed E-state index contributed by atoms with van der Waals surface area (Å²) in [6, 6.07) is 18.1. The first-order chi connectivity index (χ1) is 19.7. The number of fused-ring (bicyclic) bond motifs is 7. The maximum Gasteiger partial charge on any atom is 0.130 e. The number of benzene rings is 2. The van der Waals surface area contributed by atoms with Gasteiger partial charge < -0.3 is 4.57 Å². The van der Waals surface area contributed by atoms with Crippen LogP contribution in [0.2, 0.25) is 0 Å². The monoisotopic (exact) mass is 538 g/mol.